The zero-order valence-corrected chi connectivity index (χ0v) is 15.1. The fraction of sp³-hybridized carbons (Fsp3) is 0.647. The van der Waals surface area contributed by atoms with Crippen LogP contribution in [-0.2, 0) is 11.2 Å². The van der Waals surface area contributed by atoms with Gasteiger partial charge in [-0.2, -0.15) is 0 Å². The van der Waals surface area contributed by atoms with Gasteiger partial charge in [-0.3, -0.25) is 0 Å². The van der Waals surface area contributed by atoms with Gasteiger partial charge in [0.05, 0.1) is 12.2 Å². The zero-order valence-electron chi connectivity index (χ0n) is 12.9. The van der Waals surface area contributed by atoms with E-state index in [1.807, 2.05) is 0 Å². The van der Waals surface area contributed by atoms with Crippen molar-refractivity contribution in [3.8, 4) is 0 Å². The predicted molar refractivity (Wildman–Crippen MR) is 93.0 cm³/mol. The van der Waals surface area contributed by atoms with Crippen LogP contribution in [0.15, 0.2) is 24.3 Å². The number of hydrogen-bond donors (Lipinski definition) is 1. The molecular weight excluding hydrogens is 361 g/mol. The van der Waals surface area contributed by atoms with E-state index in [1.54, 1.807) is 0 Å². The van der Waals surface area contributed by atoms with E-state index in [0.29, 0.717) is 30.1 Å². The van der Waals surface area contributed by atoms with Gasteiger partial charge < -0.3 is 10.1 Å². The third kappa shape index (κ3) is 3.74. The summed E-state index contributed by atoms with van der Waals surface area (Å²) in [7, 11) is 0. The summed E-state index contributed by atoms with van der Waals surface area (Å²) in [5, 5.41) is 3.69. The van der Waals surface area contributed by atoms with Crippen molar-refractivity contribution < 1.29 is 4.74 Å². The molecule has 112 valence electrons. The largest absolute Gasteiger partial charge is 0.375 e. The predicted octanol–water partition coefficient (Wildman–Crippen LogP) is 3.87. The van der Waals surface area contributed by atoms with Crippen LogP contribution in [-0.4, -0.2) is 24.8 Å². The number of nitrogens with one attached hydrogen (secondary N) is 1. The molecule has 1 N–H and O–H groups in total. The Bertz CT molecular complexity index is 420. The van der Waals surface area contributed by atoms with Gasteiger partial charge in [0.25, 0.3) is 0 Å². The lowest BCUT2D eigenvalue weighted by molar-refractivity contribution is 0.0476. The molecule has 0 aromatic heterocycles. The van der Waals surface area contributed by atoms with Crippen LogP contribution >= 0.6 is 22.6 Å². The van der Waals surface area contributed by atoms with Crippen molar-refractivity contribution in [2.24, 2.45) is 11.8 Å². The van der Waals surface area contributed by atoms with Crippen LogP contribution in [0.3, 0.4) is 0 Å². The van der Waals surface area contributed by atoms with Crippen LogP contribution in [0.5, 0.6) is 0 Å². The minimum absolute atomic E-state index is 0.341. The maximum Gasteiger partial charge on any atom is 0.0597 e. The summed E-state index contributed by atoms with van der Waals surface area (Å²) in [6, 6.07) is 9.38. The fourth-order valence-electron chi connectivity index (χ4n) is 3.47. The first-order valence-electron chi connectivity index (χ1n) is 7.66. The van der Waals surface area contributed by atoms with E-state index in [9.17, 15) is 0 Å². The highest BCUT2D eigenvalue weighted by Crippen LogP contribution is 2.35. The lowest BCUT2D eigenvalue weighted by Crippen LogP contribution is -2.43. The first-order chi connectivity index (χ1) is 9.52. The summed E-state index contributed by atoms with van der Waals surface area (Å²) < 4.78 is 7.33. The molecule has 0 saturated carbocycles. The Labute approximate surface area is 136 Å². The maximum atomic E-state index is 6.03. The van der Waals surface area contributed by atoms with E-state index in [2.05, 4.69) is 79.9 Å². The summed E-state index contributed by atoms with van der Waals surface area (Å²) in [4.78, 5) is 0. The van der Waals surface area contributed by atoms with Gasteiger partial charge in [0.15, 0.2) is 0 Å². The van der Waals surface area contributed by atoms with E-state index in [0.717, 1.165) is 13.0 Å². The van der Waals surface area contributed by atoms with Crippen LogP contribution in [0.25, 0.3) is 0 Å². The Kier molecular flexibility index (Phi) is 5.87. The standard InChI is InChI=1S/C17H26INO/c1-5-19-16(10-14-6-8-15(18)9-7-14)17-11(2)12(3)20-13(17)4/h6-9,11-13,16-17,19H,5,10H2,1-4H3. The molecule has 2 nitrogen and oxygen atoms in total. The number of likely N-dealkylation sites (N-methyl/N-ethyl adjacent to an activating group) is 1. The van der Waals surface area contributed by atoms with Gasteiger partial charge in [0.2, 0.25) is 0 Å². The van der Waals surface area contributed by atoms with Gasteiger partial charge in [-0.15, -0.1) is 0 Å². The van der Waals surface area contributed by atoms with Crippen molar-refractivity contribution in [1.82, 2.24) is 5.32 Å². The number of benzene rings is 1. The topological polar surface area (TPSA) is 21.3 Å². The van der Waals surface area contributed by atoms with Crippen molar-refractivity contribution >= 4 is 22.6 Å². The molecule has 5 unspecified atom stereocenters. The van der Waals surface area contributed by atoms with Crippen molar-refractivity contribution in [3.63, 3.8) is 0 Å². The van der Waals surface area contributed by atoms with Crippen molar-refractivity contribution in [1.29, 1.82) is 0 Å². The third-order valence-corrected chi connectivity index (χ3v) is 5.34. The summed E-state index contributed by atoms with van der Waals surface area (Å²) in [6.45, 7) is 9.96. The molecule has 1 heterocycles. The molecule has 1 aromatic carbocycles. The molecule has 1 fully saturated rings. The molecule has 0 amide bonds. The molecular formula is C17H26INO. The number of hydrogen-bond acceptors (Lipinski definition) is 2. The number of rotatable bonds is 5. The van der Waals surface area contributed by atoms with Crippen LogP contribution in [0.4, 0.5) is 0 Å². The summed E-state index contributed by atoms with van der Waals surface area (Å²) >= 11 is 2.36. The highest BCUT2D eigenvalue weighted by atomic mass is 127. The van der Waals surface area contributed by atoms with Crippen molar-refractivity contribution in [2.45, 2.75) is 52.4 Å². The second-order valence-corrected chi connectivity index (χ2v) is 7.22. The lowest BCUT2D eigenvalue weighted by atomic mass is 9.81. The molecule has 5 atom stereocenters. The molecule has 1 aromatic rings. The molecule has 2 rings (SSSR count). The number of ether oxygens (including phenoxy) is 1. The normalized spacial score (nSPS) is 31.4. The van der Waals surface area contributed by atoms with Crippen molar-refractivity contribution in [3.05, 3.63) is 33.4 Å². The zero-order chi connectivity index (χ0) is 14.7. The summed E-state index contributed by atoms with van der Waals surface area (Å²) in [5.41, 5.74) is 1.41. The smallest absolute Gasteiger partial charge is 0.0597 e. The van der Waals surface area contributed by atoms with Gasteiger partial charge in [0, 0.05) is 15.5 Å². The van der Waals surface area contributed by atoms with Gasteiger partial charge in [-0.25, -0.2) is 0 Å². The SMILES string of the molecule is CCNC(Cc1ccc(I)cc1)C1C(C)OC(C)C1C. The Morgan fingerprint density at radius 3 is 2.30 bits per heavy atom. The molecule has 20 heavy (non-hydrogen) atoms. The fourth-order valence-corrected chi connectivity index (χ4v) is 3.83. The highest BCUT2D eigenvalue weighted by molar-refractivity contribution is 14.1. The van der Waals surface area contributed by atoms with E-state index in [-0.39, 0.29) is 0 Å². The first kappa shape index (κ1) is 16.2. The number of halogens is 1. The van der Waals surface area contributed by atoms with Crippen LogP contribution in [0.1, 0.15) is 33.3 Å². The van der Waals surface area contributed by atoms with Gasteiger partial charge >= 0.3 is 0 Å². The second-order valence-electron chi connectivity index (χ2n) is 5.98. The molecule has 3 heteroatoms. The van der Waals surface area contributed by atoms with Gasteiger partial charge in [-0.1, -0.05) is 26.0 Å². The molecule has 1 aliphatic heterocycles. The molecule has 0 bridgehead atoms. The molecule has 1 saturated heterocycles. The Morgan fingerprint density at radius 2 is 1.80 bits per heavy atom. The second kappa shape index (κ2) is 7.23. The minimum Gasteiger partial charge on any atom is -0.375 e. The average Bonchev–Trinajstić information content (AvgIpc) is 2.66. The Balaban J connectivity index is 2.12. The van der Waals surface area contributed by atoms with Crippen molar-refractivity contribution in [2.75, 3.05) is 6.54 Å². The summed E-state index contributed by atoms with van der Waals surface area (Å²) in [6.07, 6.45) is 1.79. The summed E-state index contributed by atoms with van der Waals surface area (Å²) in [5.74, 6) is 1.20. The maximum absolute atomic E-state index is 6.03. The minimum atomic E-state index is 0.341. The quantitative estimate of drug-likeness (QED) is 0.775. The molecule has 0 spiro atoms. The highest BCUT2D eigenvalue weighted by Gasteiger charge is 2.41. The molecule has 0 radical (unpaired) electrons. The lowest BCUT2D eigenvalue weighted by Gasteiger charge is -2.30. The van der Waals surface area contributed by atoms with E-state index >= 15 is 0 Å². The third-order valence-electron chi connectivity index (χ3n) is 4.62. The Hall–Kier alpha value is -0.130. The van der Waals surface area contributed by atoms with Crippen LogP contribution in [0.2, 0.25) is 0 Å². The van der Waals surface area contributed by atoms with E-state index in [1.165, 1.54) is 9.13 Å². The van der Waals surface area contributed by atoms with Crippen LogP contribution in [0, 0.1) is 15.4 Å². The van der Waals surface area contributed by atoms with E-state index in [4.69, 9.17) is 4.74 Å². The van der Waals surface area contributed by atoms with Crippen LogP contribution < -0.4 is 5.32 Å². The van der Waals surface area contributed by atoms with E-state index < -0.39 is 0 Å². The average molecular weight is 387 g/mol. The monoisotopic (exact) mass is 387 g/mol. The van der Waals surface area contributed by atoms with Gasteiger partial charge in [-0.05, 0) is 73.0 Å². The first-order valence-corrected chi connectivity index (χ1v) is 8.74. The Morgan fingerprint density at radius 1 is 1.15 bits per heavy atom. The molecule has 1 aliphatic rings. The van der Waals surface area contributed by atoms with Gasteiger partial charge in [0.1, 0.15) is 0 Å². The molecule has 0 aliphatic carbocycles.